The molecule has 11 heteroatoms. The van der Waals surface area contributed by atoms with E-state index in [1.165, 1.54) is 17.6 Å². The second kappa shape index (κ2) is 12.7. The second-order valence-corrected chi connectivity index (χ2v) is 11.3. The number of amides is 2. The Kier molecular flexibility index (Phi) is 8.80. The molecule has 5 aromatic rings. The highest BCUT2D eigenvalue weighted by molar-refractivity contribution is 9.10. The zero-order valence-electron chi connectivity index (χ0n) is 20.9. The van der Waals surface area contributed by atoms with Gasteiger partial charge in [-0.1, -0.05) is 63.4 Å². The van der Waals surface area contributed by atoms with E-state index in [0.717, 1.165) is 14.6 Å². The third-order valence-electron chi connectivity index (χ3n) is 5.76. The summed E-state index contributed by atoms with van der Waals surface area (Å²) in [4.78, 5) is 38.3. The van der Waals surface area contributed by atoms with Crippen LogP contribution in [0.5, 0.6) is 5.75 Å². The molecule has 0 fully saturated rings. The van der Waals surface area contributed by atoms with Gasteiger partial charge in [0.1, 0.15) is 10.6 Å². The van der Waals surface area contributed by atoms with Gasteiger partial charge >= 0.3 is 5.97 Å². The molecule has 7 nitrogen and oxygen atoms in total. The number of nitrogens with zero attached hydrogens (tertiary/aromatic N) is 1. The summed E-state index contributed by atoms with van der Waals surface area (Å²) in [5.74, 6) is -1.08. The van der Waals surface area contributed by atoms with Gasteiger partial charge in [0, 0.05) is 36.4 Å². The molecule has 4 aromatic carbocycles. The van der Waals surface area contributed by atoms with Gasteiger partial charge in [-0.15, -0.1) is 11.3 Å². The molecule has 1 heterocycles. The molecule has 2 N–H and O–H groups in total. The van der Waals surface area contributed by atoms with Crippen LogP contribution in [0, 0.1) is 0 Å². The summed E-state index contributed by atoms with van der Waals surface area (Å²) in [5.41, 5.74) is 4.14. The van der Waals surface area contributed by atoms with Crippen LogP contribution >= 0.6 is 50.5 Å². The molecule has 41 heavy (non-hydrogen) atoms. The molecule has 0 aliphatic rings. The normalized spacial score (nSPS) is 11.0. The largest absolute Gasteiger partial charge is 0.422 e. The lowest BCUT2D eigenvalue weighted by atomic mass is 10.2. The number of nitrogens with one attached hydrogen (secondary N) is 2. The number of thiophene rings is 1. The number of ether oxygens (including phenoxy) is 1. The van der Waals surface area contributed by atoms with E-state index >= 15 is 0 Å². The summed E-state index contributed by atoms with van der Waals surface area (Å²) >= 11 is 17.1. The van der Waals surface area contributed by atoms with E-state index in [9.17, 15) is 14.4 Å². The molecule has 0 saturated carbocycles. The molecule has 0 aliphatic heterocycles. The van der Waals surface area contributed by atoms with Gasteiger partial charge in [-0.25, -0.2) is 10.2 Å². The molecular weight excluding hydrogens is 649 g/mol. The Bertz CT molecular complexity index is 1810. The fourth-order valence-corrected chi connectivity index (χ4v) is 5.82. The lowest BCUT2D eigenvalue weighted by Gasteiger charge is -2.08. The standard InChI is InChI=1S/C30H18BrCl2N3O4S/c31-20-8-13-24(40-30(39)18-4-2-1-3-5-18)19(14-20)16-34-36-28(37)17-6-10-22(11-7-17)35-29(38)27-26(33)23-12-9-21(32)15-25(23)41-27/h1-16H,(H,35,38)(H,36,37)/b34-16-. The Morgan fingerprint density at radius 2 is 1.61 bits per heavy atom. The Morgan fingerprint density at radius 1 is 0.854 bits per heavy atom. The maximum absolute atomic E-state index is 12.8. The van der Waals surface area contributed by atoms with Crippen molar-refractivity contribution in [3.63, 3.8) is 0 Å². The molecule has 5 rings (SSSR count). The number of rotatable bonds is 7. The lowest BCUT2D eigenvalue weighted by Crippen LogP contribution is -2.18. The number of hydrazone groups is 1. The SMILES string of the molecule is O=C(N/N=C\c1cc(Br)ccc1OC(=O)c1ccccc1)c1ccc(NC(=O)c2sc3cc(Cl)ccc3c2Cl)cc1. The van der Waals surface area contributed by atoms with Crippen LogP contribution in [0.1, 0.15) is 36.0 Å². The smallest absolute Gasteiger partial charge is 0.343 e. The highest BCUT2D eigenvalue weighted by Gasteiger charge is 2.18. The van der Waals surface area contributed by atoms with Crippen LogP contribution in [-0.4, -0.2) is 24.0 Å². The molecule has 204 valence electrons. The van der Waals surface area contributed by atoms with E-state index in [4.69, 9.17) is 27.9 Å². The molecule has 0 radical (unpaired) electrons. The van der Waals surface area contributed by atoms with Crippen molar-refractivity contribution in [1.82, 2.24) is 5.43 Å². The van der Waals surface area contributed by atoms with Crippen LogP contribution in [0.25, 0.3) is 10.1 Å². The van der Waals surface area contributed by atoms with Crippen molar-refractivity contribution < 1.29 is 19.1 Å². The maximum atomic E-state index is 12.8. The molecule has 1 aromatic heterocycles. The monoisotopic (exact) mass is 665 g/mol. The minimum atomic E-state index is -0.516. The van der Waals surface area contributed by atoms with Gasteiger partial charge in [0.05, 0.1) is 16.8 Å². The maximum Gasteiger partial charge on any atom is 0.343 e. The minimum Gasteiger partial charge on any atom is -0.422 e. The van der Waals surface area contributed by atoms with Crippen LogP contribution in [0.3, 0.4) is 0 Å². The second-order valence-electron chi connectivity index (χ2n) is 8.55. The average molecular weight is 667 g/mol. The van der Waals surface area contributed by atoms with Gasteiger partial charge in [-0.3, -0.25) is 9.59 Å². The number of carbonyl (C=O) groups is 3. The van der Waals surface area contributed by atoms with Crippen molar-refractivity contribution in [2.45, 2.75) is 0 Å². The molecule has 2 amide bonds. The summed E-state index contributed by atoms with van der Waals surface area (Å²) in [6.45, 7) is 0. The van der Waals surface area contributed by atoms with Gasteiger partial charge < -0.3 is 10.1 Å². The van der Waals surface area contributed by atoms with Gasteiger partial charge in [-0.05, 0) is 66.7 Å². The number of anilines is 1. The van der Waals surface area contributed by atoms with E-state index in [1.54, 1.807) is 91.0 Å². The Hall–Kier alpha value is -4.02. The van der Waals surface area contributed by atoms with E-state index in [-0.39, 0.29) is 11.7 Å². The Balaban J connectivity index is 1.22. The average Bonchev–Trinajstić information content (AvgIpc) is 3.30. The summed E-state index contributed by atoms with van der Waals surface area (Å²) in [7, 11) is 0. The van der Waals surface area contributed by atoms with Crippen LogP contribution in [0.2, 0.25) is 10.0 Å². The van der Waals surface area contributed by atoms with Crippen molar-refractivity contribution in [3.8, 4) is 5.75 Å². The molecule has 0 bridgehead atoms. The van der Waals surface area contributed by atoms with E-state index in [2.05, 4.69) is 31.8 Å². The Morgan fingerprint density at radius 3 is 2.37 bits per heavy atom. The first-order chi connectivity index (χ1) is 19.8. The van der Waals surface area contributed by atoms with Gasteiger partial charge in [0.15, 0.2) is 0 Å². The number of benzene rings is 4. The number of hydrogen-bond donors (Lipinski definition) is 2. The highest BCUT2D eigenvalue weighted by atomic mass is 79.9. The fourth-order valence-electron chi connectivity index (χ4n) is 3.75. The topological polar surface area (TPSA) is 96.9 Å². The van der Waals surface area contributed by atoms with E-state index in [1.807, 2.05) is 0 Å². The quantitative estimate of drug-likeness (QED) is 0.0792. The number of halogens is 3. The number of fused-ring (bicyclic) bond motifs is 1. The van der Waals surface area contributed by atoms with Crippen molar-refractivity contribution >= 4 is 90.2 Å². The highest BCUT2D eigenvalue weighted by Crippen LogP contribution is 2.37. The van der Waals surface area contributed by atoms with Crippen molar-refractivity contribution in [2.24, 2.45) is 5.10 Å². The number of esters is 1. The van der Waals surface area contributed by atoms with Gasteiger partial charge in [0.2, 0.25) is 0 Å². The first kappa shape index (κ1) is 28.5. The first-order valence-electron chi connectivity index (χ1n) is 12.0. The molecule has 0 saturated heterocycles. The summed E-state index contributed by atoms with van der Waals surface area (Å²) in [6.07, 6.45) is 1.38. The fraction of sp³-hybridized carbons (Fsp3) is 0. The minimum absolute atomic E-state index is 0.280. The molecule has 0 aliphatic carbocycles. The first-order valence-corrected chi connectivity index (χ1v) is 14.3. The predicted octanol–water partition coefficient (Wildman–Crippen LogP) is 8.21. The summed E-state index contributed by atoms with van der Waals surface area (Å²) in [5, 5.41) is 8.48. The molecule has 0 spiro atoms. The van der Waals surface area contributed by atoms with Crippen molar-refractivity contribution in [1.29, 1.82) is 0 Å². The van der Waals surface area contributed by atoms with Gasteiger partial charge in [0.25, 0.3) is 11.8 Å². The van der Waals surface area contributed by atoms with Crippen LogP contribution in [0.15, 0.2) is 101 Å². The van der Waals surface area contributed by atoms with Crippen LogP contribution in [0.4, 0.5) is 5.69 Å². The zero-order valence-corrected chi connectivity index (χ0v) is 24.8. The van der Waals surface area contributed by atoms with Crippen molar-refractivity contribution in [3.05, 3.63) is 127 Å². The van der Waals surface area contributed by atoms with E-state index in [0.29, 0.717) is 37.3 Å². The van der Waals surface area contributed by atoms with Crippen LogP contribution < -0.4 is 15.5 Å². The summed E-state index contributed by atoms with van der Waals surface area (Å²) in [6, 6.07) is 25.2. The van der Waals surface area contributed by atoms with E-state index < -0.39 is 11.9 Å². The van der Waals surface area contributed by atoms with Crippen LogP contribution in [-0.2, 0) is 0 Å². The third kappa shape index (κ3) is 6.83. The molecule has 0 unspecified atom stereocenters. The number of hydrogen-bond acceptors (Lipinski definition) is 6. The van der Waals surface area contributed by atoms with Gasteiger partial charge in [-0.2, -0.15) is 5.10 Å². The number of carbonyl (C=O) groups excluding carboxylic acids is 3. The lowest BCUT2D eigenvalue weighted by molar-refractivity contribution is 0.0733. The third-order valence-corrected chi connectivity index (χ3v) is 8.14. The zero-order chi connectivity index (χ0) is 28.9. The Labute approximate surface area is 256 Å². The molecular formula is C30H18BrCl2N3O4S. The van der Waals surface area contributed by atoms with Crippen molar-refractivity contribution in [2.75, 3.05) is 5.32 Å². The molecule has 0 atom stereocenters. The summed E-state index contributed by atoms with van der Waals surface area (Å²) < 4.78 is 7.07. The predicted molar refractivity (Wildman–Crippen MR) is 167 cm³/mol.